The second-order valence-electron chi connectivity index (χ2n) is 7.67. The Morgan fingerprint density at radius 1 is 1.40 bits per heavy atom. The van der Waals surface area contributed by atoms with E-state index in [1.54, 1.807) is 0 Å². The molecule has 0 unspecified atom stereocenters. The summed E-state index contributed by atoms with van der Waals surface area (Å²) in [5, 5.41) is 0. The van der Waals surface area contributed by atoms with Crippen LogP contribution < -0.4 is 0 Å². The number of epoxide rings is 1. The van der Waals surface area contributed by atoms with Crippen LogP contribution in [0.4, 0.5) is 0 Å². The molecule has 112 valence electrons. The van der Waals surface area contributed by atoms with Crippen LogP contribution in [0.25, 0.3) is 0 Å². The molecule has 2 aliphatic carbocycles. The molecule has 1 saturated heterocycles. The van der Waals surface area contributed by atoms with Crippen molar-refractivity contribution in [2.45, 2.75) is 59.0 Å². The zero-order valence-electron chi connectivity index (χ0n) is 13.1. The van der Waals surface area contributed by atoms with E-state index in [0.717, 1.165) is 13.0 Å². The van der Waals surface area contributed by atoms with E-state index in [1.165, 1.54) is 31.8 Å². The fraction of sp³-hybridized carbons (Fsp3) is 0.824. The van der Waals surface area contributed by atoms with E-state index in [9.17, 15) is 4.79 Å². The first kappa shape index (κ1) is 14.1. The summed E-state index contributed by atoms with van der Waals surface area (Å²) >= 11 is 0. The molecule has 3 aliphatic rings. The maximum absolute atomic E-state index is 11.1. The molecule has 1 heterocycles. The maximum Gasteiger partial charge on any atom is 0.302 e. The lowest BCUT2D eigenvalue weighted by atomic mass is 9.48. The van der Waals surface area contributed by atoms with Gasteiger partial charge in [0.05, 0.1) is 6.61 Å². The van der Waals surface area contributed by atoms with Gasteiger partial charge in [0, 0.05) is 12.3 Å². The van der Waals surface area contributed by atoms with Gasteiger partial charge in [-0.1, -0.05) is 33.3 Å². The normalized spacial score (nSPS) is 41.8. The van der Waals surface area contributed by atoms with E-state index in [4.69, 9.17) is 9.47 Å². The highest BCUT2D eigenvalue weighted by atomic mass is 16.6. The van der Waals surface area contributed by atoms with Crippen LogP contribution in [0, 0.1) is 16.7 Å². The van der Waals surface area contributed by atoms with Crippen molar-refractivity contribution in [3.05, 3.63) is 11.6 Å². The molecule has 0 aromatic rings. The minimum atomic E-state index is -0.210. The Morgan fingerprint density at radius 3 is 2.70 bits per heavy atom. The van der Waals surface area contributed by atoms with Gasteiger partial charge in [-0.05, 0) is 36.2 Å². The van der Waals surface area contributed by atoms with Crippen molar-refractivity contribution in [3.8, 4) is 0 Å². The molecular formula is C17H26O3. The number of hydrogen-bond donors (Lipinski definition) is 0. The minimum Gasteiger partial charge on any atom is -0.461 e. The molecule has 0 aromatic heterocycles. The molecule has 1 saturated carbocycles. The van der Waals surface area contributed by atoms with Crippen LogP contribution in [0.1, 0.15) is 53.4 Å². The summed E-state index contributed by atoms with van der Waals surface area (Å²) in [7, 11) is 0. The van der Waals surface area contributed by atoms with Gasteiger partial charge in [0.1, 0.15) is 12.2 Å². The molecule has 1 spiro atoms. The number of allylic oxidation sites excluding steroid dienone is 1. The summed E-state index contributed by atoms with van der Waals surface area (Å²) in [4.78, 5) is 11.1. The number of ether oxygens (including phenoxy) is 2. The van der Waals surface area contributed by atoms with Crippen LogP contribution in [0.3, 0.4) is 0 Å². The third kappa shape index (κ3) is 1.86. The fourth-order valence-electron chi connectivity index (χ4n) is 4.92. The van der Waals surface area contributed by atoms with Crippen LogP contribution in [0.15, 0.2) is 11.6 Å². The predicted octanol–water partition coefficient (Wildman–Crippen LogP) is 3.48. The average Bonchev–Trinajstić information content (AvgIpc) is 3.11. The summed E-state index contributed by atoms with van der Waals surface area (Å²) in [6, 6.07) is 0. The summed E-state index contributed by atoms with van der Waals surface area (Å²) < 4.78 is 11.2. The second-order valence-corrected chi connectivity index (χ2v) is 7.67. The van der Waals surface area contributed by atoms with Gasteiger partial charge in [0.2, 0.25) is 0 Å². The highest BCUT2D eigenvalue weighted by Gasteiger charge is 2.67. The van der Waals surface area contributed by atoms with Crippen LogP contribution in [-0.4, -0.2) is 24.8 Å². The summed E-state index contributed by atoms with van der Waals surface area (Å²) in [5.41, 5.74) is 1.61. The Morgan fingerprint density at radius 2 is 2.10 bits per heavy atom. The highest BCUT2D eigenvalue weighted by Crippen LogP contribution is 2.66. The van der Waals surface area contributed by atoms with Crippen molar-refractivity contribution in [2.75, 3.05) is 13.2 Å². The van der Waals surface area contributed by atoms with Crippen LogP contribution in [0.5, 0.6) is 0 Å². The number of hydrogen-bond acceptors (Lipinski definition) is 3. The van der Waals surface area contributed by atoms with Crippen LogP contribution >= 0.6 is 0 Å². The van der Waals surface area contributed by atoms with E-state index >= 15 is 0 Å². The molecule has 0 N–H and O–H groups in total. The van der Waals surface area contributed by atoms with Crippen molar-refractivity contribution in [2.24, 2.45) is 16.7 Å². The Balaban J connectivity index is 1.91. The smallest absolute Gasteiger partial charge is 0.302 e. The first-order valence-electron chi connectivity index (χ1n) is 7.79. The summed E-state index contributed by atoms with van der Waals surface area (Å²) in [6.07, 6.45) is 7.17. The topological polar surface area (TPSA) is 38.8 Å². The van der Waals surface area contributed by atoms with Gasteiger partial charge in [0.25, 0.3) is 0 Å². The van der Waals surface area contributed by atoms with E-state index < -0.39 is 0 Å². The lowest BCUT2D eigenvalue weighted by Gasteiger charge is -2.56. The van der Waals surface area contributed by atoms with Crippen molar-refractivity contribution in [1.29, 1.82) is 0 Å². The highest BCUT2D eigenvalue weighted by molar-refractivity contribution is 5.66. The third-order valence-electron chi connectivity index (χ3n) is 6.13. The first-order valence-corrected chi connectivity index (χ1v) is 7.79. The average molecular weight is 278 g/mol. The molecule has 3 atom stereocenters. The van der Waals surface area contributed by atoms with Gasteiger partial charge in [-0.3, -0.25) is 4.79 Å². The third-order valence-corrected chi connectivity index (χ3v) is 6.13. The molecular weight excluding hydrogens is 252 g/mol. The molecule has 0 aromatic carbocycles. The number of fused-ring (bicyclic) bond motifs is 2. The Labute approximate surface area is 121 Å². The first-order chi connectivity index (χ1) is 9.32. The number of carbonyl (C=O) groups is 1. The van der Waals surface area contributed by atoms with Gasteiger partial charge >= 0.3 is 5.97 Å². The summed E-state index contributed by atoms with van der Waals surface area (Å²) in [6.45, 7) is 9.86. The zero-order chi connectivity index (χ0) is 14.6. The van der Waals surface area contributed by atoms with E-state index in [0.29, 0.717) is 17.9 Å². The number of esters is 1. The maximum atomic E-state index is 11.1. The van der Waals surface area contributed by atoms with Crippen molar-refractivity contribution < 1.29 is 14.3 Å². The number of rotatable bonds is 2. The van der Waals surface area contributed by atoms with Gasteiger partial charge in [-0.25, -0.2) is 0 Å². The molecule has 2 fully saturated rings. The molecule has 1 aliphatic heterocycles. The SMILES string of the molecule is CC(=O)OCC1=CC[C@H]2C(C)(C)CCC[C@]2(C)[C@@]12CO2. The van der Waals surface area contributed by atoms with E-state index in [2.05, 4.69) is 26.8 Å². The van der Waals surface area contributed by atoms with Gasteiger partial charge in [-0.2, -0.15) is 0 Å². The quantitative estimate of drug-likeness (QED) is 0.441. The zero-order valence-corrected chi connectivity index (χ0v) is 13.1. The Hall–Kier alpha value is -0.830. The Kier molecular flexibility index (Phi) is 3.06. The molecule has 0 radical (unpaired) electrons. The molecule has 3 rings (SSSR count). The van der Waals surface area contributed by atoms with Gasteiger partial charge in [0.15, 0.2) is 0 Å². The van der Waals surface area contributed by atoms with E-state index in [1.807, 2.05) is 0 Å². The Bertz CT molecular complexity index is 459. The number of carbonyl (C=O) groups excluding carboxylic acids is 1. The second kappa shape index (κ2) is 4.33. The fourth-order valence-corrected chi connectivity index (χ4v) is 4.92. The lowest BCUT2D eigenvalue weighted by Crippen LogP contribution is -2.54. The molecule has 0 amide bonds. The van der Waals surface area contributed by atoms with Crippen molar-refractivity contribution in [3.63, 3.8) is 0 Å². The largest absolute Gasteiger partial charge is 0.461 e. The van der Waals surface area contributed by atoms with Crippen LogP contribution in [-0.2, 0) is 14.3 Å². The van der Waals surface area contributed by atoms with Gasteiger partial charge < -0.3 is 9.47 Å². The standard InChI is InChI=1S/C17H26O3/c1-12(18)19-10-13-6-7-14-15(2,3)8-5-9-16(14,4)17(13)11-20-17/h6,14H,5,7-11H2,1-4H3/t14-,16-,17+/m0/s1. The monoisotopic (exact) mass is 278 g/mol. The van der Waals surface area contributed by atoms with E-state index in [-0.39, 0.29) is 17.0 Å². The predicted molar refractivity (Wildman–Crippen MR) is 77.2 cm³/mol. The van der Waals surface area contributed by atoms with Crippen LogP contribution in [0.2, 0.25) is 0 Å². The summed E-state index contributed by atoms with van der Waals surface area (Å²) in [5.74, 6) is 0.449. The minimum absolute atomic E-state index is 0.150. The lowest BCUT2D eigenvalue weighted by molar-refractivity contribution is -0.140. The molecule has 3 heteroatoms. The van der Waals surface area contributed by atoms with Gasteiger partial charge in [-0.15, -0.1) is 0 Å². The molecule has 3 nitrogen and oxygen atoms in total. The molecule has 0 bridgehead atoms. The van der Waals surface area contributed by atoms with Crippen molar-refractivity contribution in [1.82, 2.24) is 0 Å². The van der Waals surface area contributed by atoms with Crippen molar-refractivity contribution >= 4 is 5.97 Å². The molecule has 20 heavy (non-hydrogen) atoms.